The minimum Gasteiger partial charge on any atom is -0.275 e. The standard InChI is InChI=1S/C8H17OP/c1-7(6-10-9)5-8(2,3)4/h7H,5-6H2,1-4H3. The third-order valence-electron chi connectivity index (χ3n) is 1.35. The van der Waals surface area contributed by atoms with Crippen LogP contribution >= 0.6 is 8.46 Å². The monoisotopic (exact) mass is 160 g/mol. The van der Waals surface area contributed by atoms with Crippen molar-refractivity contribution in [2.75, 3.05) is 6.16 Å². The van der Waals surface area contributed by atoms with Crippen LogP contribution in [0.5, 0.6) is 0 Å². The average molecular weight is 160 g/mol. The van der Waals surface area contributed by atoms with E-state index in [4.69, 9.17) is 0 Å². The Morgan fingerprint density at radius 2 is 1.90 bits per heavy atom. The zero-order chi connectivity index (χ0) is 8.20. The van der Waals surface area contributed by atoms with Crippen LogP contribution < -0.4 is 0 Å². The molecule has 0 saturated carbocycles. The summed E-state index contributed by atoms with van der Waals surface area (Å²) in [7, 11) is 0.287. The second kappa shape index (κ2) is 4.08. The van der Waals surface area contributed by atoms with Crippen LogP contribution in [0, 0.1) is 11.3 Å². The molecule has 0 aliphatic carbocycles. The highest BCUT2D eigenvalue weighted by molar-refractivity contribution is 7.23. The van der Waals surface area contributed by atoms with Crippen LogP contribution in [0.3, 0.4) is 0 Å². The Bertz CT molecular complexity index is 104. The minimum atomic E-state index is 0.287. The van der Waals surface area contributed by atoms with Gasteiger partial charge in [0.1, 0.15) is 0 Å². The molecule has 0 radical (unpaired) electrons. The molecule has 0 saturated heterocycles. The molecule has 1 nitrogen and oxygen atoms in total. The van der Waals surface area contributed by atoms with Gasteiger partial charge in [-0.05, 0) is 17.8 Å². The SMILES string of the molecule is CC(CP=O)CC(C)(C)C. The Morgan fingerprint density at radius 3 is 2.20 bits per heavy atom. The summed E-state index contributed by atoms with van der Waals surface area (Å²) in [6.07, 6.45) is 1.96. The van der Waals surface area contributed by atoms with Crippen LogP contribution in [0.1, 0.15) is 34.1 Å². The number of hydrogen-bond acceptors (Lipinski definition) is 1. The van der Waals surface area contributed by atoms with Crippen LogP contribution in [0.25, 0.3) is 0 Å². The van der Waals surface area contributed by atoms with E-state index < -0.39 is 0 Å². The molecule has 0 amide bonds. The lowest BCUT2D eigenvalue weighted by Crippen LogP contribution is -2.11. The molecule has 60 valence electrons. The lowest BCUT2D eigenvalue weighted by atomic mass is 9.86. The van der Waals surface area contributed by atoms with E-state index in [9.17, 15) is 4.57 Å². The minimum absolute atomic E-state index is 0.287. The molecule has 1 atom stereocenters. The van der Waals surface area contributed by atoms with Crippen LogP contribution in [0.4, 0.5) is 0 Å². The van der Waals surface area contributed by atoms with Crippen LogP contribution in [0.2, 0.25) is 0 Å². The van der Waals surface area contributed by atoms with Crippen molar-refractivity contribution >= 4 is 8.46 Å². The molecule has 10 heavy (non-hydrogen) atoms. The quantitative estimate of drug-likeness (QED) is 0.578. The van der Waals surface area contributed by atoms with Crippen LogP contribution in [0.15, 0.2) is 0 Å². The summed E-state index contributed by atoms with van der Waals surface area (Å²) in [5.74, 6) is 0.583. The van der Waals surface area contributed by atoms with E-state index in [1.165, 1.54) is 0 Å². The Morgan fingerprint density at radius 1 is 1.40 bits per heavy atom. The maximum absolute atomic E-state index is 10.2. The molecule has 0 spiro atoms. The molecular weight excluding hydrogens is 143 g/mol. The van der Waals surface area contributed by atoms with Crippen molar-refractivity contribution in [3.63, 3.8) is 0 Å². The highest BCUT2D eigenvalue weighted by Gasteiger charge is 2.14. The van der Waals surface area contributed by atoms with Crippen molar-refractivity contribution in [3.05, 3.63) is 0 Å². The van der Waals surface area contributed by atoms with E-state index in [-0.39, 0.29) is 8.46 Å². The highest BCUT2D eigenvalue weighted by atomic mass is 31.1. The third kappa shape index (κ3) is 6.22. The third-order valence-corrected chi connectivity index (χ3v) is 2.12. The van der Waals surface area contributed by atoms with Crippen molar-refractivity contribution < 1.29 is 4.57 Å². The fraction of sp³-hybridized carbons (Fsp3) is 1.00. The predicted octanol–water partition coefficient (Wildman–Crippen LogP) is 3.35. The van der Waals surface area contributed by atoms with Gasteiger partial charge in [-0.25, -0.2) is 0 Å². The second-order valence-electron chi connectivity index (χ2n) is 4.18. The molecule has 0 fully saturated rings. The van der Waals surface area contributed by atoms with E-state index in [1.54, 1.807) is 0 Å². The van der Waals surface area contributed by atoms with Gasteiger partial charge >= 0.3 is 0 Å². The number of hydrogen-bond donors (Lipinski definition) is 0. The Hall–Kier alpha value is 0.100. The van der Waals surface area contributed by atoms with Crippen molar-refractivity contribution in [1.29, 1.82) is 0 Å². The first-order chi connectivity index (χ1) is 4.45. The highest BCUT2D eigenvalue weighted by Crippen LogP contribution is 2.25. The summed E-state index contributed by atoms with van der Waals surface area (Å²) in [6, 6.07) is 0. The van der Waals surface area contributed by atoms with Crippen LogP contribution in [-0.2, 0) is 4.57 Å². The molecule has 0 aliphatic heterocycles. The Labute approximate surface area is 65.4 Å². The molecular formula is C8H17OP. The predicted molar refractivity (Wildman–Crippen MR) is 45.7 cm³/mol. The summed E-state index contributed by atoms with van der Waals surface area (Å²) in [6.45, 7) is 8.79. The molecule has 0 aromatic carbocycles. The topological polar surface area (TPSA) is 17.1 Å². The molecule has 0 N–H and O–H groups in total. The molecule has 0 bridgehead atoms. The van der Waals surface area contributed by atoms with Crippen molar-refractivity contribution in [3.8, 4) is 0 Å². The molecule has 2 heteroatoms. The largest absolute Gasteiger partial charge is 0.275 e. The number of rotatable bonds is 3. The normalized spacial score (nSPS) is 15.6. The summed E-state index contributed by atoms with van der Waals surface area (Å²) < 4.78 is 10.2. The molecule has 0 aromatic heterocycles. The van der Waals surface area contributed by atoms with Gasteiger partial charge < -0.3 is 0 Å². The maximum Gasteiger partial charge on any atom is 0.155 e. The average Bonchev–Trinajstić information content (AvgIpc) is 1.59. The first-order valence-electron chi connectivity index (χ1n) is 3.75. The van der Waals surface area contributed by atoms with Gasteiger partial charge in [-0.15, -0.1) is 0 Å². The molecule has 0 heterocycles. The van der Waals surface area contributed by atoms with E-state index >= 15 is 0 Å². The van der Waals surface area contributed by atoms with Crippen molar-refractivity contribution in [1.82, 2.24) is 0 Å². The summed E-state index contributed by atoms with van der Waals surface area (Å²) in [4.78, 5) is 0. The van der Waals surface area contributed by atoms with Gasteiger partial charge in [0.05, 0.1) is 0 Å². The molecule has 0 rings (SSSR count). The van der Waals surface area contributed by atoms with Gasteiger partial charge in [-0.2, -0.15) is 0 Å². The first-order valence-corrected chi connectivity index (χ1v) is 4.74. The zero-order valence-electron chi connectivity index (χ0n) is 7.35. The van der Waals surface area contributed by atoms with E-state index in [0.717, 1.165) is 12.6 Å². The first kappa shape index (κ1) is 10.1. The van der Waals surface area contributed by atoms with E-state index in [1.807, 2.05) is 0 Å². The lowest BCUT2D eigenvalue weighted by molar-refractivity contribution is 0.322. The summed E-state index contributed by atoms with van der Waals surface area (Å²) >= 11 is 0. The Balaban J connectivity index is 3.56. The smallest absolute Gasteiger partial charge is 0.155 e. The summed E-state index contributed by atoms with van der Waals surface area (Å²) in [5.41, 5.74) is 0.379. The van der Waals surface area contributed by atoms with Crippen molar-refractivity contribution in [2.45, 2.75) is 34.1 Å². The van der Waals surface area contributed by atoms with Gasteiger partial charge in [0.25, 0.3) is 0 Å². The zero-order valence-corrected chi connectivity index (χ0v) is 8.24. The van der Waals surface area contributed by atoms with Gasteiger partial charge in [-0.1, -0.05) is 27.7 Å². The second-order valence-corrected chi connectivity index (χ2v) is 4.80. The lowest BCUT2D eigenvalue weighted by Gasteiger charge is -2.21. The molecule has 0 aromatic rings. The van der Waals surface area contributed by atoms with Gasteiger partial charge in [0.2, 0.25) is 0 Å². The molecule has 0 aliphatic rings. The Kier molecular flexibility index (Phi) is 4.12. The van der Waals surface area contributed by atoms with E-state index in [2.05, 4.69) is 27.7 Å². The summed E-state index contributed by atoms with van der Waals surface area (Å²) in [5, 5.41) is 0. The van der Waals surface area contributed by atoms with Gasteiger partial charge in [0.15, 0.2) is 8.46 Å². The van der Waals surface area contributed by atoms with Crippen LogP contribution in [-0.4, -0.2) is 6.16 Å². The molecule has 1 unspecified atom stereocenters. The maximum atomic E-state index is 10.2. The van der Waals surface area contributed by atoms with Crippen molar-refractivity contribution in [2.24, 2.45) is 11.3 Å². The van der Waals surface area contributed by atoms with Gasteiger partial charge in [-0.3, -0.25) is 4.57 Å². The fourth-order valence-corrected chi connectivity index (χ4v) is 1.62. The van der Waals surface area contributed by atoms with E-state index in [0.29, 0.717) is 11.3 Å². The van der Waals surface area contributed by atoms with Gasteiger partial charge in [0, 0.05) is 6.16 Å². The fourth-order valence-electron chi connectivity index (χ4n) is 1.24.